The average molecular weight is 351 g/mol. The van der Waals surface area contributed by atoms with Gasteiger partial charge >= 0.3 is 5.97 Å². The van der Waals surface area contributed by atoms with Crippen molar-refractivity contribution in [3.8, 4) is 17.1 Å². The molecule has 6 heteroatoms. The van der Waals surface area contributed by atoms with Crippen LogP contribution in [0, 0.1) is 6.92 Å². The van der Waals surface area contributed by atoms with E-state index in [-0.39, 0.29) is 11.2 Å². The van der Waals surface area contributed by atoms with Crippen LogP contribution in [-0.4, -0.2) is 32.6 Å². The molecule has 0 N–H and O–H groups in total. The fourth-order valence-electron chi connectivity index (χ4n) is 2.76. The third-order valence-corrected chi connectivity index (χ3v) is 5.28. The summed E-state index contributed by atoms with van der Waals surface area (Å²) in [6, 6.07) is 18.1. The van der Waals surface area contributed by atoms with E-state index in [1.807, 2.05) is 47.0 Å². The number of nitrogens with zero attached hydrogens (tertiary/aromatic N) is 3. The predicted molar refractivity (Wildman–Crippen MR) is 96.8 cm³/mol. The van der Waals surface area contributed by atoms with Gasteiger partial charge in [-0.05, 0) is 19.1 Å². The Labute approximate surface area is 150 Å². The number of ether oxygens (including phenoxy) is 1. The third kappa shape index (κ3) is 3.17. The number of aryl methyl sites for hydroxylation is 1. The minimum absolute atomic E-state index is 0.176. The van der Waals surface area contributed by atoms with Gasteiger partial charge in [0.05, 0.1) is 6.61 Å². The van der Waals surface area contributed by atoms with E-state index in [0.29, 0.717) is 18.2 Å². The zero-order valence-electron chi connectivity index (χ0n) is 13.8. The largest absolute Gasteiger partial charge is 0.465 e. The highest BCUT2D eigenvalue weighted by atomic mass is 32.2. The second kappa shape index (κ2) is 6.72. The Morgan fingerprint density at radius 1 is 1.08 bits per heavy atom. The molecule has 1 fully saturated rings. The first kappa shape index (κ1) is 15.9. The number of carbonyl (C=O) groups excluding carboxylic acids is 1. The topological polar surface area (TPSA) is 57.0 Å². The fourth-order valence-corrected chi connectivity index (χ4v) is 3.78. The Kier molecular flexibility index (Phi) is 4.28. The molecule has 0 unspecified atom stereocenters. The monoisotopic (exact) mass is 351 g/mol. The first-order chi connectivity index (χ1) is 12.2. The van der Waals surface area contributed by atoms with Crippen LogP contribution in [0.3, 0.4) is 0 Å². The standard InChI is InChI=1S/C19H17N3O2S/c1-13-7-9-15(10-8-13)22-17(14-5-3-2-4-6-14)20-21-19(22)25-16-11-12-24-18(16)23/h2-10,16H,11-12H2,1H3/t16-/m1/s1. The molecule has 3 aromatic rings. The highest BCUT2D eigenvalue weighted by molar-refractivity contribution is 8.00. The van der Waals surface area contributed by atoms with E-state index >= 15 is 0 Å². The second-order valence-corrected chi connectivity index (χ2v) is 7.08. The Bertz CT molecular complexity index is 891. The summed E-state index contributed by atoms with van der Waals surface area (Å²) in [5.41, 5.74) is 3.14. The van der Waals surface area contributed by atoms with Crippen LogP contribution in [0.15, 0.2) is 59.8 Å². The van der Waals surface area contributed by atoms with Gasteiger partial charge in [0, 0.05) is 17.7 Å². The van der Waals surface area contributed by atoms with Crippen LogP contribution >= 0.6 is 11.8 Å². The van der Waals surface area contributed by atoms with Gasteiger partial charge in [-0.25, -0.2) is 0 Å². The van der Waals surface area contributed by atoms with Crippen LogP contribution in [-0.2, 0) is 9.53 Å². The van der Waals surface area contributed by atoms with Crippen molar-refractivity contribution in [3.63, 3.8) is 0 Å². The summed E-state index contributed by atoms with van der Waals surface area (Å²) in [7, 11) is 0. The second-order valence-electron chi connectivity index (χ2n) is 5.91. The number of hydrogen-bond acceptors (Lipinski definition) is 5. The van der Waals surface area contributed by atoms with Gasteiger partial charge in [-0.15, -0.1) is 10.2 Å². The highest BCUT2D eigenvalue weighted by Gasteiger charge is 2.30. The smallest absolute Gasteiger partial charge is 0.319 e. The number of rotatable bonds is 4. The summed E-state index contributed by atoms with van der Waals surface area (Å²) in [5.74, 6) is 0.586. The molecule has 1 aliphatic heterocycles. The number of carbonyl (C=O) groups is 1. The third-order valence-electron chi connectivity index (χ3n) is 4.09. The molecule has 5 nitrogen and oxygen atoms in total. The van der Waals surface area contributed by atoms with Gasteiger partial charge in [0.1, 0.15) is 5.25 Å². The van der Waals surface area contributed by atoms with Gasteiger partial charge in [0.25, 0.3) is 0 Å². The van der Waals surface area contributed by atoms with Crippen molar-refractivity contribution in [3.05, 3.63) is 60.2 Å². The first-order valence-electron chi connectivity index (χ1n) is 8.13. The molecule has 4 rings (SSSR count). The Morgan fingerprint density at radius 3 is 2.52 bits per heavy atom. The minimum Gasteiger partial charge on any atom is -0.465 e. The van der Waals surface area contributed by atoms with Gasteiger partial charge in [0.15, 0.2) is 11.0 Å². The number of esters is 1. The summed E-state index contributed by atoms with van der Waals surface area (Å²) < 4.78 is 7.08. The van der Waals surface area contributed by atoms with Gasteiger partial charge in [0.2, 0.25) is 0 Å². The predicted octanol–water partition coefficient (Wildman–Crippen LogP) is 3.65. The van der Waals surface area contributed by atoms with Crippen molar-refractivity contribution < 1.29 is 9.53 Å². The van der Waals surface area contributed by atoms with Crippen LogP contribution in [0.25, 0.3) is 17.1 Å². The number of thioether (sulfide) groups is 1. The summed E-state index contributed by atoms with van der Waals surface area (Å²) in [4.78, 5) is 11.8. The number of hydrogen-bond donors (Lipinski definition) is 0. The Hall–Kier alpha value is -2.60. The molecule has 1 saturated heterocycles. The van der Waals surface area contributed by atoms with E-state index in [1.54, 1.807) is 0 Å². The normalized spacial score (nSPS) is 16.8. The van der Waals surface area contributed by atoms with Crippen molar-refractivity contribution in [1.82, 2.24) is 14.8 Å². The van der Waals surface area contributed by atoms with Crippen LogP contribution in [0.5, 0.6) is 0 Å². The van der Waals surface area contributed by atoms with Crippen molar-refractivity contribution in [2.75, 3.05) is 6.61 Å². The van der Waals surface area contributed by atoms with Crippen LogP contribution in [0.1, 0.15) is 12.0 Å². The van der Waals surface area contributed by atoms with Gasteiger partial charge in [-0.2, -0.15) is 0 Å². The Morgan fingerprint density at radius 2 is 1.84 bits per heavy atom. The maximum atomic E-state index is 11.8. The molecule has 2 heterocycles. The molecule has 0 spiro atoms. The lowest BCUT2D eigenvalue weighted by Gasteiger charge is -2.12. The van der Waals surface area contributed by atoms with Gasteiger partial charge in [-0.3, -0.25) is 9.36 Å². The highest BCUT2D eigenvalue weighted by Crippen LogP contribution is 2.33. The lowest BCUT2D eigenvalue weighted by molar-refractivity contribution is -0.137. The lowest BCUT2D eigenvalue weighted by atomic mass is 10.2. The number of aromatic nitrogens is 3. The summed E-state index contributed by atoms with van der Waals surface area (Å²) in [5, 5.41) is 9.23. The number of cyclic esters (lactones) is 1. The first-order valence-corrected chi connectivity index (χ1v) is 9.01. The van der Waals surface area contributed by atoms with E-state index in [0.717, 1.165) is 17.1 Å². The minimum atomic E-state index is -0.225. The van der Waals surface area contributed by atoms with E-state index in [2.05, 4.69) is 29.3 Å². The van der Waals surface area contributed by atoms with Crippen LogP contribution in [0.4, 0.5) is 0 Å². The van der Waals surface area contributed by atoms with E-state index in [9.17, 15) is 4.79 Å². The summed E-state index contributed by atoms with van der Waals surface area (Å²) in [6.45, 7) is 2.53. The average Bonchev–Trinajstić information content (AvgIpc) is 3.24. The lowest BCUT2D eigenvalue weighted by Crippen LogP contribution is -2.11. The molecule has 1 aliphatic rings. The molecular formula is C19H17N3O2S. The van der Waals surface area contributed by atoms with E-state index in [4.69, 9.17) is 4.74 Å². The van der Waals surface area contributed by atoms with Crippen molar-refractivity contribution in [2.24, 2.45) is 0 Å². The summed E-state index contributed by atoms with van der Waals surface area (Å²) in [6.07, 6.45) is 0.699. The van der Waals surface area contributed by atoms with E-state index < -0.39 is 0 Å². The molecule has 0 saturated carbocycles. The molecule has 2 aromatic carbocycles. The number of benzene rings is 2. The molecule has 0 radical (unpaired) electrons. The van der Waals surface area contributed by atoms with Gasteiger partial charge < -0.3 is 4.74 Å². The fraction of sp³-hybridized carbons (Fsp3) is 0.211. The molecule has 126 valence electrons. The van der Waals surface area contributed by atoms with Crippen molar-refractivity contribution in [2.45, 2.75) is 23.8 Å². The van der Waals surface area contributed by atoms with Crippen molar-refractivity contribution in [1.29, 1.82) is 0 Å². The van der Waals surface area contributed by atoms with Crippen LogP contribution < -0.4 is 0 Å². The molecular weight excluding hydrogens is 334 g/mol. The quantitative estimate of drug-likeness (QED) is 0.672. The molecule has 1 atom stereocenters. The Balaban J connectivity index is 1.80. The molecule has 0 bridgehead atoms. The molecule has 0 aliphatic carbocycles. The van der Waals surface area contributed by atoms with Crippen molar-refractivity contribution >= 4 is 17.7 Å². The maximum Gasteiger partial charge on any atom is 0.319 e. The summed E-state index contributed by atoms with van der Waals surface area (Å²) >= 11 is 1.42. The van der Waals surface area contributed by atoms with Gasteiger partial charge in [-0.1, -0.05) is 59.8 Å². The molecule has 25 heavy (non-hydrogen) atoms. The van der Waals surface area contributed by atoms with Crippen LogP contribution in [0.2, 0.25) is 0 Å². The molecule has 0 amide bonds. The zero-order chi connectivity index (χ0) is 17.2. The SMILES string of the molecule is Cc1ccc(-n2c(S[C@@H]3CCOC3=O)nnc2-c2ccccc2)cc1. The maximum absolute atomic E-state index is 11.8. The zero-order valence-corrected chi connectivity index (χ0v) is 14.6. The molecule has 1 aromatic heterocycles. The van der Waals surface area contributed by atoms with E-state index in [1.165, 1.54) is 17.3 Å².